The van der Waals surface area contributed by atoms with Crippen molar-refractivity contribution >= 4 is 43.9 Å². The molecular formula is C19H19BrN4O2. The summed E-state index contributed by atoms with van der Waals surface area (Å²) < 4.78 is 6.82. The largest absolute Gasteiger partial charge is 0.453 e. The van der Waals surface area contributed by atoms with Crippen molar-refractivity contribution in [3.63, 3.8) is 0 Å². The molecule has 1 N–H and O–H groups in total. The highest BCUT2D eigenvalue weighted by Crippen LogP contribution is 2.33. The van der Waals surface area contributed by atoms with Gasteiger partial charge in [-0.05, 0) is 44.1 Å². The Kier molecular flexibility index (Phi) is 3.94. The molecule has 7 heteroatoms. The molecule has 1 atom stereocenters. The minimum absolute atomic E-state index is 0.0545. The van der Waals surface area contributed by atoms with Crippen LogP contribution in [0.4, 0.5) is 0 Å². The molecule has 0 bridgehead atoms. The number of halogens is 1. The van der Waals surface area contributed by atoms with Gasteiger partial charge in [0.05, 0.1) is 6.20 Å². The highest BCUT2D eigenvalue weighted by molar-refractivity contribution is 9.10. The van der Waals surface area contributed by atoms with Crippen LogP contribution >= 0.6 is 15.9 Å². The molecule has 3 aromatic rings. The van der Waals surface area contributed by atoms with Crippen LogP contribution in [-0.4, -0.2) is 46.5 Å². The molecule has 6 nitrogen and oxygen atoms in total. The molecule has 1 amide bonds. The molecule has 4 heterocycles. The van der Waals surface area contributed by atoms with Crippen LogP contribution in [-0.2, 0) is 4.79 Å². The zero-order chi connectivity index (χ0) is 17.7. The standard InChI is InChI=1S/C19H19BrN4O2/c20-12-1-2-15-14(8-12)18-16(26-15)9-22-19(23-18)11-7-17(25)24(10-11)13-3-5-21-6-4-13/h1-2,8-9,11,13,21H,3-7,10H2. The maximum Gasteiger partial charge on any atom is 0.223 e. The lowest BCUT2D eigenvalue weighted by atomic mass is 10.1. The van der Waals surface area contributed by atoms with Crippen molar-refractivity contribution in [3.05, 3.63) is 34.7 Å². The van der Waals surface area contributed by atoms with Gasteiger partial charge in [0.2, 0.25) is 5.91 Å². The molecule has 0 aliphatic carbocycles. The van der Waals surface area contributed by atoms with Crippen molar-refractivity contribution in [1.82, 2.24) is 20.2 Å². The Morgan fingerprint density at radius 3 is 2.92 bits per heavy atom. The first kappa shape index (κ1) is 16.2. The highest BCUT2D eigenvalue weighted by Gasteiger charge is 2.36. The van der Waals surface area contributed by atoms with Crippen LogP contribution in [0.25, 0.3) is 22.1 Å². The first-order valence-electron chi connectivity index (χ1n) is 9.04. The van der Waals surface area contributed by atoms with Crippen LogP contribution in [0.3, 0.4) is 0 Å². The van der Waals surface area contributed by atoms with E-state index in [0.29, 0.717) is 24.6 Å². The van der Waals surface area contributed by atoms with Crippen LogP contribution in [0.2, 0.25) is 0 Å². The van der Waals surface area contributed by atoms with Gasteiger partial charge in [-0.1, -0.05) is 15.9 Å². The van der Waals surface area contributed by atoms with E-state index in [1.54, 1.807) is 6.20 Å². The lowest BCUT2D eigenvalue weighted by Gasteiger charge is -2.31. The Bertz CT molecular complexity index is 996. The Morgan fingerprint density at radius 1 is 1.23 bits per heavy atom. The number of fused-ring (bicyclic) bond motifs is 3. The fourth-order valence-electron chi connectivity index (χ4n) is 4.12. The summed E-state index contributed by atoms with van der Waals surface area (Å²) in [5.74, 6) is 1.02. The van der Waals surface area contributed by atoms with E-state index in [1.807, 2.05) is 23.1 Å². The molecule has 1 aromatic carbocycles. The number of amides is 1. The van der Waals surface area contributed by atoms with Gasteiger partial charge in [-0.2, -0.15) is 0 Å². The number of carbonyl (C=O) groups excluding carboxylic acids is 1. The fraction of sp³-hybridized carbons (Fsp3) is 0.421. The second kappa shape index (κ2) is 6.32. The molecule has 0 saturated carbocycles. The van der Waals surface area contributed by atoms with Crippen molar-refractivity contribution in [1.29, 1.82) is 0 Å². The van der Waals surface area contributed by atoms with Gasteiger partial charge in [0.1, 0.15) is 16.9 Å². The summed E-state index contributed by atoms with van der Waals surface area (Å²) in [6, 6.07) is 6.24. The Hall–Kier alpha value is -1.99. The third-order valence-electron chi connectivity index (χ3n) is 5.46. The van der Waals surface area contributed by atoms with E-state index in [9.17, 15) is 4.79 Å². The molecule has 2 aromatic heterocycles. The van der Waals surface area contributed by atoms with E-state index in [4.69, 9.17) is 9.40 Å². The lowest BCUT2D eigenvalue weighted by molar-refractivity contribution is -0.130. The summed E-state index contributed by atoms with van der Waals surface area (Å²) in [5.41, 5.74) is 2.30. The van der Waals surface area contributed by atoms with Crippen molar-refractivity contribution in [2.75, 3.05) is 19.6 Å². The second-order valence-electron chi connectivity index (χ2n) is 7.11. The minimum Gasteiger partial charge on any atom is -0.453 e. The molecule has 2 fully saturated rings. The number of piperidine rings is 1. The van der Waals surface area contributed by atoms with E-state index >= 15 is 0 Å². The molecule has 0 spiro atoms. The summed E-state index contributed by atoms with van der Waals surface area (Å²) >= 11 is 3.51. The van der Waals surface area contributed by atoms with Gasteiger partial charge in [-0.15, -0.1) is 0 Å². The van der Waals surface area contributed by atoms with Gasteiger partial charge in [-0.3, -0.25) is 4.79 Å². The highest BCUT2D eigenvalue weighted by atomic mass is 79.9. The summed E-state index contributed by atoms with van der Waals surface area (Å²) in [7, 11) is 0. The van der Waals surface area contributed by atoms with E-state index in [2.05, 4.69) is 26.2 Å². The average molecular weight is 415 g/mol. The number of hydrogen-bond donors (Lipinski definition) is 1. The lowest BCUT2D eigenvalue weighted by Crippen LogP contribution is -2.43. The predicted molar refractivity (Wildman–Crippen MR) is 102 cm³/mol. The van der Waals surface area contributed by atoms with Gasteiger partial charge in [-0.25, -0.2) is 9.97 Å². The van der Waals surface area contributed by atoms with Crippen LogP contribution in [0.1, 0.15) is 31.0 Å². The zero-order valence-electron chi connectivity index (χ0n) is 14.2. The Balaban J connectivity index is 1.48. The minimum atomic E-state index is 0.0545. The fourth-order valence-corrected chi connectivity index (χ4v) is 4.48. The number of hydrogen-bond acceptors (Lipinski definition) is 5. The van der Waals surface area contributed by atoms with Gasteiger partial charge < -0.3 is 14.6 Å². The quantitative estimate of drug-likeness (QED) is 0.696. The van der Waals surface area contributed by atoms with Gasteiger partial charge in [0.25, 0.3) is 0 Å². The van der Waals surface area contributed by atoms with Crippen LogP contribution < -0.4 is 5.32 Å². The maximum atomic E-state index is 12.6. The number of benzene rings is 1. The average Bonchev–Trinajstić information content (AvgIpc) is 3.22. The molecule has 2 aliphatic heterocycles. The van der Waals surface area contributed by atoms with E-state index < -0.39 is 0 Å². The zero-order valence-corrected chi connectivity index (χ0v) is 15.8. The predicted octanol–water partition coefficient (Wildman–Crippen LogP) is 3.21. The third-order valence-corrected chi connectivity index (χ3v) is 5.96. The van der Waals surface area contributed by atoms with Crippen molar-refractivity contribution in [2.24, 2.45) is 0 Å². The van der Waals surface area contributed by atoms with Crippen LogP contribution in [0, 0.1) is 0 Å². The molecule has 26 heavy (non-hydrogen) atoms. The topological polar surface area (TPSA) is 71.3 Å². The van der Waals surface area contributed by atoms with Crippen molar-refractivity contribution in [2.45, 2.75) is 31.2 Å². The Labute approximate surface area is 159 Å². The monoisotopic (exact) mass is 414 g/mol. The first-order chi connectivity index (χ1) is 12.7. The SMILES string of the molecule is O=C1CC(c2ncc3oc4ccc(Br)cc4c3n2)CN1C1CCNCC1. The summed E-state index contributed by atoms with van der Waals surface area (Å²) in [6.45, 7) is 2.68. The Morgan fingerprint density at radius 2 is 2.08 bits per heavy atom. The molecule has 2 aliphatic rings. The smallest absolute Gasteiger partial charge is 0.223 e. The molecule has 2 saturated heterocycles. The number of nitrogens with zero attached hydrogens (tertiary/aromatic N) is 3. The second-order valence-corrected chi connectivity index (χ2v) is 8.03. The third kappa shape index (κ3) is 2.70. The van der Waals surface area contributed by atoms with Crippen molar-refractivity contribution in [3.8, 4) is 0 Å². The van der Waals surface area contributed by atoms with E-state index in [-0.39, 0.29) is 11.8 Å². The molecule has 1 unspecified atom stereocenters. The normalized spacial score (nSPS) is 22.0. The molecule has 0 radical (unpaired) electrons. The van der Waals surface area contributed by atoms with Gasteiger partial charge in [0.15, 0.2) is 5.58 Å². The summed E-state index contributed by atoms with van der Waals surface area (Å²) in [5, 5.41) is 4.33. The first-order valence-corrected chi connectivity index (χ1v) is 9.83. The van der Waals surface area contributed by atoms with Gasteiger partial charge in [0, 0.05) is 34.8 Å². The van der Waals surface area contributed by atoms with Crippen LogP contribution in [0.5, 0.6) is 0 Å². The number of aromatic nitrogens is 2. The molecular weight excluding hydrogens is 396 g/mol. The number of carbonyl (C=O) groups is 1. The summed E-state index contributed by atoms with van der Waals surface area (Å²) in [4.78, 5) is 23.9. The number of rotatable bonds is 2. The van der Waals surface area contributed by atoms with Crippen molar-refractivity contribution < 1.29 is 9.21 Å². The van der Waals surface area contributed by atoms with E-state index in [1.165, 1.54) is 0 Å². The maximum absolute atomic E-state index is 12.6. The number of nitrogens with one attached hydrogen (secondary N) is 1. The molecule has 134 valence electrons. The van der Waals surface area contributed by atoms with E-state index in [0.717, 1.165) is 52.7 Å². The number of likely N-dealkylation sites (tertiary alicyclic amines) is 1. The van der Waals surface area contributed by atoms with Crippen LogP contribution in [0.15, 0.2) is 33.3 Å². The van der Waals surface area contributed by atoms with Gasteiger partial charge >= 0.3 is 0 Å². The number of furan rings is 1. The summed E-state index contributed by atoms with van der Waals surface area (Å²) in [6.07, 6.45) is 4.29. The molecule has 5 rings (SSSR count).